The van der Waals surface area contributed by atoms with E-state index in [0.717, 1.165) is 16.3 Å². The minimum atomic E-state index is -1.29. The van der Waals surface area contributed by atoms with Gasteiger partial charge in [-0.15, -0.1) is 0 Å². The highest BCUT2D eigenvalue weighted by atomic mass is 35.5. The number of methoxy groups -OCH3 is 1. The summed E-state index contributed by atoms with van der Waals surface area (Å²) in [5.74, 6) is 0.133. The first kappa shape index (κ1) is 27.0. The van der Waals surface area contributed by atoms with E-state index in [4.69, 9.17) is 21.4 Å². The summed E-state index contributed by atoms with van der Waals surface area (Å²) in [5.41, 5.74) is 2.26. The van der Waals surface area contributed by atoms with Crippen molar-refractivity contribution in [1.29, 1.82) is 0 Å². The molecular formula is C26H24ClN9O6. The van der Waals surface area contributed by atoms with Gasteiger partial charge in [-0.05, 0) is 19.1 Å². The lowest BCUT2D eigenvalue weighted by Gasteiger charge is -2.37. The minimum Gasteiger partial charge on any atom is -0.494 e. The molecule has 1 atom stereocenters. The van der Waals surface area contributed by atoms with Crippen molar-refractivity contribution in [1.82, 2.24) is 29.8 Å². The van der Waals surface area contributed by atoms with Crippen molar-refractivity contribution in [3.63, 3.8) is 0 Å². The molecule has 1 fully saturated rings. The number of hydrogen-bond acceptors (Lipinski definition) is 10. The van der Waals surface area contributed by atoms with Crippen LogP contribution in [0.1, 0.15) is 6.92 Å². The molecule has 4 heterocycles. The predicted octanol–water partition coefficient (Wildman–Crippen LogP) is 3.49. The van der Waals surface area contributed by atoms with Crippen molar-refractivity contribution >= 4 is 73.9 Å². The summed E-state index contributed by atoms with van der Waals surface area (Å²) in [6.07, 6.45) is 2.21. The first-order valence-corrected chi connectivity index (χ1v) is 13.2. The van der Waals surface area contributed by atoms with Crippen LogP contribution in [0.4, 0.5) is 27.8 Å². The SMILES string of the molecule is COc1cc(N2CCN(C(=O)C(C)NC(=O)O)CC2)c([N+](=O)[O-])cc1Nc1nc2c(Cl)c(n1)c1cnn3cccc2c13. The molecule has 0 saturated carbocycles. The Morgan fingerprint density at radius 1 is 1.17 bits per heavy atom. The molecule has 16 heteroatoms. The molecule has 216 valence electrons. The number of halogens is 1. The number of anilines is 3. The molecule has 2 bridgehead atoms. The van der Waals surface area contributed by atoms with Gasteiger partial charge in [-0.1, -0.05) is 11.6 Å². The van der Waals surface area contributed by atoms with E-state index in [-0.39, 0.29) is 36.3 Å². The number of aromatic nitrogens is 4. The van der Waals surface area contributed by atoms with Gasteiger partial charge in [0.1, 0.15) is 17.5 Å². The maximum Gasteiger partial charge on any atom is 0.405 e. The fraction of sp³-hybridized carbons (Fsp3) is 0.269. The van der Waals surface area contributed by atoms with Crippen LogP contribution in [0.5, 0.6) is 5.75 Å². The van der Waals surface area contributed by atoms with E-state index in [0.29, 0.717) is 40.6 Å². The topological polar surface area (TPSA) is 180 Å². The number of carbonyl (C=O) groups is 2. The third-order valence-electron chi connectivity index (χ3n) is 7.28. The van der Waals surface area contributed by atoms with Gasteiger partial charge in [-0.25, -0.2) is 19.3 Å². The molecule has 2 aromatic carbocycles. The Labute approximate surface area is 242 Å². The van der Waals surface area contributed by atoms with Gasteiger partial charge in [0.05, 0.1) is 45.5 Å². The molecule has 42 heavy (non-hydrogen) atoms. The first-order valence-electron chi connectivity index (χ1n) is 12.9. The van der Waals surface area contributed by atoms with Crippen LogP contribution in [0.25, 0.3) is 27.3 Å². The number of piperazine rings is 1. The number of nitrogens with one attached hydrogen (secondary N) is 2. The Bertz CT molecular complexity index is 1870. The molecule has 0 radical (unpaired) electrons. The number of hydrogen-bond donors (Lipinski definition) is 3. The fourth-order valence-electron chi connectivity index (χ4n) is 5.30. The monoisotopic (exact) mass is 593 g/mol. The van der Waals surface area contributed by atoms with Crippen LogP contribution in [-0.4, -0.2) is 85.8 Å². The quantitative estimate of drug-likeness (QED) is 0.186. The summed E-state index contributed by atoms with van der Waals surface area (Å²) in [6, 6.07) is 5.74. The van der Waals surface area contributed by atoms with Gasteiger partial charge in [0.15, 0.2) is 0 Å². The Morgan fingerprint density at radius 2 is 1.88 bits per heavy atom. The zero-order chi connectivity index (χ0) is 29.7. The number of nitro benzene ring substituents is 1. The van der Waals surface area contributed by atoms with E-state index in [9.17, 15) is 19.7 Å². The van der Waals surface area contributed by atoms with Gasteiger partial charge in [0.2, 0.25) is 11.9 Å². The summed E-state index contributed by atoms with van der Waals surface area (Å²) < 4.78 is 7.32. The Balaban J connectivity index is 1.31. The van der Waals surface area contributed by atoms with Gasteiger partial charge >= 0.3 is 6.09 Å². The van der Waals surface area contributed by atoms with E-state index < -0.39 is 17.1 Å². The molecule has 5 aromatic rings. The number of nitrogens with zero attached hydrogens (tertiary/aromatic N) is 7. The average Bonchev–Trinajstić information content (AvgIpc) is 3.40. The van der Waals surface area contributed by atoms with Crippen molar-refractivity contribution in [2.45, 2.75) is 13.0 Å². The largest absolute Gasteiger partial charge is 0.494 e. The van der Waals surface area contributed by atoms with Gasteiger partial charge in [-0.2, -0.15) is 5.10 Å². The van der Waals surface area contributed by atoms with Crippen LogP contribution in [-0.2, 0) is 4.79 Å². The smallest absolute Gasteiger partial charge is 0.405 e. The number of rotatable bonds is 7. The predicted molar refractivity (Wildman–Crippen MR) is 154 cm³/mol. The summed E-state index contributed by atoms with van der Waals surface area (Å²) in [6.45, 7) is 2.59. The second-order valence-electron chi connectivity index (χ2n) is 9.74. The molecule has 1 saturated heterocycles. The molecule has 1 aliphatic rings. The molecule has 1 aliphatic heterocycles. The van der Waals surface area contributed by atoms with Gasteiger partial charge < -0.3 is 30.3 Å². The lowest BCUT2D eigenvalue weighted by atomic mass is 10.1. The highest BCUT2D eigenvalue weighted by molar-refractivity contribution is 6.41. The lowest BCUT2D eigenvalue weighted by Crippen LogP contribution is -2.54. The zero-order valence-electron chi connectivity index (χ0n) is 22.4. The van der Waals surface area contributed by atoms with Crippen LogP contribution in [0.15, 0.2) is 36.7 Å². The van der Waals surface area contributed by atoms with Crippen LogP contribution < -0.4 is 20.3 Å². The molecule has 0 spiro atoms. The first-order chi connectivity index (χ1) is 20.2. The number of carboxylic acid groups (broad SMARTS) is 1. The minimum absolute atomic E-state index is 0.176. The maximum absolute atomic E-state index is 12.6. The number of carbonyl (C=O) groups excluding carboxylic acids is 1. The Kier molecular flexibility index (Phi) is 6.65. The van der Waals surface area contributed by atoms with E-state index >= 15 is 0 Å². The van der Waals surface area contributed by atoms with E-state index in [1.54, 1.807) is 21.7 Å². The van der Waals surface area contributed by atoms with Crippen LogP contribution in [0.2, 0.25) is 5.02 Å². The number of pyridine rings is 1. The summed E-state index contributed by atoms with van der Waals surface area (Å²) >= 11 is 6.63. The highest BCUT2D eigenvalue weighted by Gasteiger charge is 2.30. The third kappa shape index (κ3) is 4.52. The Morgan fingerprint density at radius 3 is 2.55 bits per heavy atom. The molecule has 3 aromatic heterocycles. The normalized spacial score (nSPS) is 14.5. The summed E-state index contributed by atoms with van der Waals surface area (Å²) in [5, 5.41) is 32.6. The van der Waals surface area contributed by atoms with E-state index in [1.165, 1.54) is 25.0 Å². The van der Waals surface area contributed by atoms with E-state index in [2.05, 4.69) is 25.7 Å². The second-order valence-corrected chi connectivity index (χ2v) is 10.1. The summed E-state index contributed by atoms with van der Waals surface area (Å²) in [7, 11) is 1.45. The number of amides is 2. The standard InChI is InChI=1S/C26H24ClN9O6/c1-13(29-26(38)39)24(37)34-8-6-33(7-9-34)17-11-19(42-2)16(10-18(17)36(40)41)30-25-31-21-14-4-3-5-35-23(14)15(12-28-35)22(32-25)20(21)27/h3-5,10-13,29H,6-9H2,1-2H3,(H,38,39)(H,30,31,32). The van der Waals surface area contributed by atoms with Crippen LogP contribution in [0, 0.1) is 10.1 Å². The van der Waals surface area contributed by atoms with Gasteiger partial charge in [0.25, 0.3) is 5.69 Å². The maximum atomic E-state index is 12.6. The third-order valence-corrected chi connectivity index (χ3v) is 7.64. The molecular weight excluding hydrogens is 570 g/mol. The molecule has 1 unspecified atom stereocenters. The molecule has 2 amide bonds. The number of ether oxygens (including phenoxy) is 1. The lowest BCUT2D eigenvalue weighted by molar-refractivity contribution is -0.384. The molecule has 3 N–H and O–H groups in total. The van der Waals surface area contributed by atoms with Gasteiger partial charge in [0, 0.05) is 55.3 Å². The second kappa shape index (κ2) is 10.3. The van der Waals surface area contributed by atoms with Crippen molar-refractivity contribution in [2.75, 3.05) is 43.5 Å². The molecule has 6 rings (SSSR count). The van der Waals surface area contributed by atoms with E-state index in [1.807, 2.05) is 18.3 Å². The Hall–Kier alpha value is -5.18. The number of nitro groups is 1. The fourth-order valence-corrected chi connectivity index (χ4v) is 5.59. The molecule has 15 nitrogen and oxygen atoms in total. The van der Waals surface area contributed by atoms with Gasteiger partial charge in [-0.3, -0.25) is 14.9 Å². The zero-order valence-corrected chi connectivity index (χ0v) is 23.1. The van der Waals surface area contributed by atoms with Crippen molar-refractivity contribution < 1.29 is 24.4 Å². The van der Waals surface area contributed by atoms with Crippen LogP contribution >= 0.6 is 11.6 Å². The summed E-state index contributed by atoms with van der Waals surface area (Å²) in [4.78, 5) is 47.7. The van der Waals surface area contributed by atoms with Crippen molar-refractivity contribution in [2.24, 2.45) is 0 Å². The highest BCUT2D eigenvalue weighted by Crippen LogP contribution is 2.41. The number of benzene rings is 2. The van der Waals surface area contributed by atoms with Crippen molar-refractivity contribution in [3.8, 4) is 5.75 Å². The van der Waals surface area contributed by atoms with Crippen LogP contribution in [0.3, 0.4) is 0 Å². The van der Waals surface area contributed by atoms with Crippen molar-refractivity contribution in [3.05, 3.63) is 51.8 Å². The average molecular weight is 594 g/mol. The molecule has 0 aliphatic carbocycles. The number of fused-ring (bicyclic) bond motifs is 4.